The Morgan fingerprint density at radius 1 is 1.53 bits per heavy atom. The van der Waals surface area contributed by atoms with Gasteiger partial charge in [-0.3, -0.25) is 14.3 Å². The standard InChI is InChI=1S/C11H14N2O6/c14-5-6-8(16)11(2-4-18-11)9(19-6)13-3-1-7(15)12-10(13)17/h1,3,6,8-9,14,16H,2,4-5H2,(H,12,15,17)/t6?,8?,9?,11-/m1/s1. The van der Waals surface area contributed by atoms with Crippen molar-refractivity contribution >= 4 is 0 Å². The number of rotatable bonds is 2. The molecule has 3 N–H and O–H groups in total. The largest absolute Gasteiger partial charge is 0.394 e. The Morgan fingerprint density at radius 2 is 2.26 bits per heavy atom. The van der Waals surface area contributed by atoms with Gasteiger partial charge in [0, 0.05) is 18.7 Å². The van der Waals surface area contributed by atoms with Gasteiger partial charge in [0.25, 0.3) is 5.56 Å². The number of ether oxygens (including phenoxy) is 2. The van der Waals surface area contributed by atoms with E-state index in [0.717, 1.165) is 0 Å². The summed E-state index contributed by atoms with van der Waals surface area (Å²) >= 11 is 0. The number of aliphatic hydroxyl groups is 2. The number of H-pyrrole nitrogens is 1. The van der Waals surface area contributed by atoms with Crippen molar-refractivity contribution in [1.29, 1.82) is 0 Å². The molecule has 0 radical (unpaired) electrons. The molecule has 2 saturated heterocycles. The highest BCUT2D eigenvalue weighted by Gasteiger charge is 2.61. The molecule has 8 nitrogen and oxygen atoms in total. The number of hydrogen-bond acceptors (Lipinski definition) is 6. The van der Waals surface area contributed by atoms with Gasteiger partial charge in [-0.05, 0) is 0 Å². The van der Waals surface area contributed by atoms with Gasteiger partial charge in [-0.15, -0.1) is 0 Å². The highest BCUT2D eigenvalue weighted by atomic mass is 16.6. The van der Waals surface area contributed by atoms with Crippen LogP contribution in [0.15, 0.2) is 21.9 Å². The number of nitrogens with one attached hydrogen (secondary N) is 1. The van der Waals surface area contributed by atoms with E-state index in [2.05, 4.69) is 4.98 Å². The number of aromatic nitrogens is 2. The van der Waals surface area contributed by atoms with E-state index in [0.29, 0.717) is 13.0 Å². The molecular formula is C11H14N2O6. The fraction of sp³-hybridized carbons (Fsp3) is 0.636. The van der Waals surface area contributed by atoms with Crippen LogP contribution in [0.1, 0.15) is 12.6 Å². The lowest BCUT2D eigenvalue weighted by Gasteiger charge is -2.44. The molecule has 4 atom stereocenters. The lowest BCUT2D eigenvalue weighted by molar-refractivity contribution is -0.227. The summed E-state index contributed by atoms with van der Waals surface area (Å²) in [6.07, 6.45) is -0.889. The van der Waals surface area contributed by atoms with E-state index >= 15 is 0 Å². The van der Waals surface area contributed by atoms with E-state index in [1.165, 1.54) is 16.8 Å². The van der Waals surface area contributed by atoms with Crippen molar-refractivity contribution in [2.75, 3.05) is 13.2 Å². The first-order chi connectivity index (χ1) is 9.08. The van der Waals surface area contributed by atoms with Crippen LogP contribution in [-0.4, -0.2) is 50.8 Å². The van der Waals surface area contributed by atoms with Crippen LogP contribution >= 0.6 is 0 Å². The lowest BCUT2D eigenvalue weighted by Crippen LogP contribution is -2.57. The molecule has 2 aliphatic rings. The fourth-order valence-corrected chi connectivity index (χ4v) is 2.64. The molecule has 0 saturated carbocycles. The first-order valence-corrected chi connectivity index (χ1v) is 5.98. The third-order valence-corrected chi connectivity index (χ3v) is 3.72. The van der Waals surface area contributed by atoms with Crippen LogP contribution in [-0.2, 0) is 9.47 Å². The lowest BCUT2D eigenvalue weighted by atomic mass is 9.86. The molecule has 3 unspecified atom stereocenters. The summed E-state index contributed by atoms with van der Waals surface area (Å²) in [5, 5.41) is 19.3. The monoisotopic (exact) mass is 270 g/mol. The Bertz CT molecular complexity index is 589. The Labute approximate surface area is 107 Å². The van der Waals surface area contributed by atoms with E-state index in [1.807, 2.05) is 0 Å². The van der Waals surface area contributed by atoms with Crippen molar-refractivity contribution < 1.29 is 19.7 Å². The van der Waals surface area contributed by atoms with Gasteiger partial charge in [0.15, 0.2) is 6.23 Å². The Kier molecular flexibility index (Phi) is 2.82. The third kappa shape index (κ3) is 1.68. The molecule has 1 aromatic rings. The van der Waals surface area contributed by atoms with Crippen LogP contribution in [0.2, 0.25) is 0 Å². The average Bonchev–Trinajstić information content (AvgIpc) is 2.62. The van der Waals surface area contributed by atoms with Gasteiger partial charge in [-0.2, -0.15) is 0 Å². The number of aromatic amines is 1. The van der Waals surface area contributed by atoms with Crippen LogP contribution in [0.5, 0.6) is 0 Å². The van der Waals surface area contributed by atoms with Crippen LogP contribution in [0.25, 0.3) is 0 Å². The molecule has 0 aliphatic carbocycles. The van der Waals surface area contributed by atoms with Gasteiger partial charge >= 0.3 is 5.69 Å². The SMILES string of the molecule is O=c1ccn(C2OC(CO)C(O)[C@]23CCO3)c(=O)[nH]1. The van der Waals surface area contributed by atoms with Crippen LogP contribution < -0.4 is 11.2 Å². The summed E-state index contributed by atoms with van der Waals surface area (Å²) in [6, 6.07) is 1.19. The zero-order valence-electron chi connectivity index (χ0n) is 9.98. The zero-order valence-corrected chi connectivity index (χ0v) is 9.98. The summed E-state index contributed by atoms with van der Waals surface area (Å²) in [5.74, 6) is 0. The molecule has 2 fully saturated rings. The summed E-state index contributed by atoms with van der Waals surface area (Å²) in [7, 11) is 0. The van der Waals surface area contributed by atoms with Crippen molar-refractivity contribution in [2.24, 2.45) is 0 Å². The van der Waals surface area contributed by atoms with Crippen molar-refractivity contribution in [1.82, 2.24) is 9.55 Å². The summed E-state index contributed by atoms with van der Waals surface area (Å²) in [4.78, 5) is 25.0. The average molecular weight is 270 g/mol. The van der Waals surface area contributed by atoms with Gasteiger partial charge in [0.1, 0.15) is 17.8 Å². The Morgan fingerprint density at radius 3 is 2.79 bits per heavy atom. The minimum Gasteiger partial charge on any atom is -0.394 e. The maximum absolute atomic E-state index is 11.8. The second kappa shape index (κ2) is 4.27. The number of nitrogens with zero attached hydrogens (tertiary/aromatic N) is 1. The number of aliphatic hydroxyl groups excluding tert-OH is 2. The van der Waals surface area contributed by atoms with Gasteiger partial charge in [0.2, 0.25) is 0 Å². The molecule has 8 heteroatoms. The molecule has 3 rings (SSSR count). The molecule has 0 amide bonds. The van der Waals surface area contributed by atoms with Crippen molar-refractivity contribution in [2.45, 2.75) is 30.5 Å². The van der Waals surface area contributed by atoms with Gasteiger partial charge in [-0.1, -0.05) is 0 Å². The fourth-order valence-electron chi connectivity index (χ4n) is 2.64. The third-order valence-electron chi connectivity index (χ3n) is 3.72. The topological polar surface area (TPSA) is 114 Å². The summed E-state index contributed by atoms with van der Waals surface area (Å²) in [6.45, 7) is 0.0774. The molecule has 1 spiro atoms. The van der Waals surface area contributed by atoms with Gasteiger partial charge < -0.3 is 19.7 Å². The maximum Gasteiger partial charge on any atom is 0.330 e. The zero-order chi connectivity index (χ0) is 13.6. The predicted octanol–water partition coefficient (Wildman–Crippen LogP) is -2.05. The molecule has 3 heterocycles. The minimum atomic E-state index is -1.03. The summed E-state index contributed by atoms with van der Waals surface area (Å²) < 4.78 is 12.1. The Balaban J connectivity index is 2.04. The first-order valence-electron chi connectivity index (χ1n) is 5.98. The molecular weight excluding hydrogens is 256 g/mol. The highest BCUT2D eigenvalue weighted by molar-refractivity contribution is 5.07. The quantitative estimate of drug-likeness (QED) is 0.570. The van der Waals surface area contributed by atoms with E-state index < -0.39 is 35.3 Å². The van der Waals surface area contributed by atoms with Crippen LogP contribution in [0.3, 0.4) is 0 Å². The first kappa shape index (κ1) is 12.5. The van der Waals surface area contributed by atoms with Crippen molar-refractivity contribution in [3.8, 4) is 0 Å². The van der Waals surface area contributed by atoms with Crippen molar-refractivity contribution in [3.63, 3.8) is 0 Å². The van der Waals surface area contributed by atoms with Gasteiger partial charge in [0.05, 0.1) is 13.2 Å². The minimum absolute atomic E-state index is 0.374. The normalized spacial score (nSPS) is 37.5. The van der Waals surface area contributed by atoms with E-state index in [1.54, 1.807) is 0 Å². The highest BCUT2D eigenvalue weighted by Crippen LogP contribution is 2.47. The summed E-state index contributed by atoms with van der Waals surface area (Å²) in [5.41, 5.74) is -2.18. The Hall–Kier alpha value is -1.48. The molecule has 19 heavy (non-hydrogen) atoms. The van der Waals surface area contributed by atoms with E-state index in [9.17, 15) is 19.8 Å². The van der Waals surface area contributed by atoms with Crippen molar-refractivity contribution in [3.05, 3.63) is 33.1 Å². The molecule has 0 bridgehead atoms. The van der Waals surface area contributed by atoms with Crippen LogP contribution in [0.4, 0.5) is 0 Å². The smallest absolute Gasteiger partial charge is 0.330 e. The molecule has 2 aliphatic heterocycles. The predicted molar refractivity (Wildman–Crippen MR) is 61.6 cm³/mol. The molecule has 104 valence electrons. The molecule has 1 aromatic heterocycles. The number of hydrogen-bond donors (Lipinski definition) is 3. The molecule has 0 aromatic carbocycles. The van der Waals surface area contributed by atoms with Gasteiger partial charge in [-0.25, -0.2) is 4.79 Å². The van der Waals surface area contributed by atoms with E-state index in [4.69, 9.17) is 9.47 Å². The second-order valence-electron chi connectivity index (χ2n) is 4.73. The van der Waals surface area contributed by atoms with Crippen LogP contribution in [0, 0.1) is 0 Å². The maximum atomic E-state index is 11.8. The second-order valence-corrected chi connectivity index (χ2v) is 4.73. The van der Waals surface area contributed by atoms with E-state index in [-0.39, 0.29) is 6.61 Å².